The second kappa shape index (κ2) is 6.48. The fourth-order valence-electron chi connectivity index (χ4n) is 3.04. The van der Waals surface area contributed by atoms with E-state index in [1.165, 1.54) is 11.3 Å². The monoisotopic (exact) mass is 380 g/mol. The fraction of sp³-hybridized carbons (Fsp3) is 0.158. The summed E-state index contributed by atoms with van der Waals surface area (Å²) in [6.07, 6.45) is 0. The maximum absolute atomic E-state index is 12.8. The first-order chi connectivity index (χ1) is 13.0. The third-order valence-corrected chi connectivity index (χ3v) is 5.42. The Balaban J connectivity index is 1.49. The number of anilines is 1. The molecule has 1 aliphatic rings. The lowest BCUT2D eigenvalue weighted by Gasteiger charge is -2.21. The molecule has 1 atom stereocenters. The number of imide groups is 1. The standard InChI is InChI=1S/C19H16N4O3S/c1-19(12-7-3-2-4-8-12)16(25)23(18(26)22-19)11-15(24)21-17-20-13-9-5-6-10-14(13)27-17/h2-10H,11H2,1H3,(H,22,26)(H,20,21,24)/t19-/m0/s1. The van der Waals surface area contributed by atoms with Crippen molar-refractivity contribution >= 4 is 44.5 Å². The molecule has 4 amide bonds. The van der Waals surface area contributed by atoms with Crippen LogP contribution in [0.5, 0.6) is 0 Å². The SMILES string of the molecule is C[C@@]1(c2ccccc2)NC(=O)N(CC(=O)Nc2nc3ccccc3s2)C1=O. The number of fused-ring (bicyclic) bond motifs is 1. The van der Waals surface area contributed by atoms with Crippen LogP contribution in [0.4, 0.5) is 9.93 Å². The van der Waals surface area contributed by atoms with Gasteiger partial charge in [-0.15, -0.1) is 0 Å². The van der Waals surface area contributed by atoms with E-state index in [1.54, 1.807) is 31.2 Å². The number of benzene rings is 2. The van der Waals surface area contributed by atoms with Gasteiger partial charge >= 0.3 is 6.03 Å². The van der Waals surface area contributed by atoms with Crippen molar-refractivity contribution in [3.05, 3.63) is 60.2 Å². The predicted octanol–water partition coefficient (Wildman–Crippen LogP) is 2.70. The second-order valence-corrected chi connectivity index (χ2v) is 7.38. The molecule has 1 fully saturated rings. The second-order valence-electron chi connectivity index (χ2n) is 6.35. The number of aromatic nitrogens is 1. The van der Waals surface area contributed by atoms with E-state index in [0.29, 0.717) is 10.7 Å². The van der Waals surface area contributed by atoms with Gasteiger partial charge in [0, 0.05) is 0 Å². The smallest absolute Gasteiger partial charge is 0.319 e. The summed E-state index contributed by atoms with van der Waals surface area (Å²) >= 11 is 1.33. The summed E-state index contributed by atoms with van der Waals surface area (Å²) in [5.41, 5.74) is 0.260. The highest BCUT2D eigenvalue weighted by molar-refractivity contribution is 7.22. The zero-order chi connectivity index (χ0) is 19.0. The fourth-order valence-corrected chi connectivity index (χ4v) is 3.92. The number of para-hydroxylation sites is 1. The molecule has 1 saturated heterocycles. The van der Waals surface area contributed by atoms with Gasteiger partial charge in [0.25, 0.3) is 5.91 Å². The van der Waals surface area contributed by atoms with Crippen LogP contribution in [0.15, 0.2) is 54.6 Å². The van der Waals surface area contributed by atoms with E-state index in [9.17, 15) is 14.4 Å². The average Bonchev–Trinajstić information content (AvgIpc) is 3.16. The molecule has 2 N–H and O–H groups in total. The third kappa shape index (κ3) is 3.04. The molecule has 8 heteroatoms. The number of nitrogens with one attached hydrogen (secondary N) is 2. The summed E-state index contributed by atoms with van der Waals surface area (Å²) < 4.78 is 0.944. The number of amides is 4. The molecule has 7 nitrogen and oxygen atoms in total. The zero-order valence-electron chi connectivity index (χ0n) is 14.4. The van der Waals surface area contributed by atoms with E-state index in [0.717, 1.165) is 15.1 Å². The quantitative estimate of drug-likeness (QED) is 0.681. The molecule has 0 unspecified atom stereocenters. The first kappa shape index (κ1) is 17.2. The van der Waals surface area contributed by atoms with Crippen molar-refractivity contribution in [1.82, 2.24) is 15.2 Å². The maximum atomic E-state index is 12.8. The molecule has 0 spiro atoms. The zero-order valence-corrected chi connectivity index (χ0v) is 15.2. The van der Waals surface area contributed by atoms with Crippen LogP contribution in [-0.2, 0) is 15.1 Å². The highest BCUT2D eigenvalue weighted by atomic mass is 32.1. The molecular formula is C19H16N4O3S. The van der Waals surface area contributed by atoms with Crippen LogP contribution in [0.2, 0.25) is 0 Å². The Morgan fingerprint density at radius 3 is 2.59 bits per heavy atom. The molecule has 27 heavy (non-hydrogen) atoms. The molecule has 4 rings (SSSR count). The Kier molecular flexibility index (Phi) is 4.12. The molecule has 0 aliphatic carbocycles. The topological polar surface area (TPSA) is 91.4 Å². The molecule has 0 saturated carbocycles. The Labute approximate surface area is 159 Å². The third-order valence-electron chi connectivity index (χ3n) is 4.47. The predicted molar refractivity (Wildman–Crippen MR) is 102 cm³/mol. The lowest BCUT2D eigenvalue weighted by molar-refractivity contribution is -0.133. The number of carbonyl (C=O) groups excluding carboxylic acids is 3. The van der Waals surface area contributed by atoms with Crippen molar-refractivity contribution < 1.29 is 14.4 Å². The van der Waals surface area contributed by atoms with Gasteiger partial charge in [-0.2, -0.15) is 0 Å². The minimum atomic E-state index is -1.19. The van der Waals surface area contributed by atoms with Gasteiger partial charge in [-0.25, -0.2) is 9.78 Å². The van der Waals surface area contributed by atoms with E-state index in [-0.39, 0.29) is 6.54 Å². The minimum Gasteiger partial charge on any atom is -0.319 e. The first-order valence-corrected chi connectivity index (χ1v) is 9.14. The summed E-state index contributed by atoms with van der Waals surface area (Å²) in [6, 6.07) is 15.9. The van der Waals surface area contributed by atoms with Crippen LogP contribution in [0.3, 0.4) is 0 Å². The highest BCUT2D eigenvalue weighted by Gasteiger charge is 2.49. The van der Waals surface area contributed by atoms with Gasteiger partial charge in [0.15, 0.2) is 5.13 Å². The van der Waals surface area contributed by atoms with E-state index < -0.39 is 23.4 Å². The summed E-state index contributed by atoms with van der Waals surface area (Å²) in [5.74, 6) is -0.937. The lowest BCUT2D eigenvalue weighted by Crippen LogP contribution is -2.42. The molecule has 136 valence electrons. The van der Waals surface area contributed by atoms with Crippen molar-refractivity contribution in [2.45, 2.75) is 12.5 Å². The molecule has 1 aliphatic heterocycles. The van der Waals surface area contributed by atoms with Gasteiger partial charge in [-0.05, 0) is 24.6 Å². The molecule has 2 heterocycles. The highest BCUT2D eigenvalue weighted by Crippen LogP contribution is 2.29. The van der Waals surface area contributed by atoms with Gasteiger partial charge in [0.2, 0.25) is 5.91 Å². The number of hydrogen-bond acceptors (Lipinski definition) is 5. The van der Waals surface area contributed by atoms with Gasteiger partial charge in [-0.1, -0.05) is 53.8 Å². The summed E-state index contributed by atoms with van der Waals surface area (Å²) in [7, 11) is 0. The molecule has 3 aromatic rings. The lowest BCUT2D eigenvalue weighted by atomic mass is 9.92. The number of urea groups is 1. The molecule has 1 aromatic heterocycles. The van der Waals surface area contributed by atoms with E-state index in [2.05, 4.69) is 15.6 Å². The van der Waals surface area contributed by atoms with Crippen molar-refractivity contribution in [3.8, 4) is 0 Å². The molecule has 0 radical (unpaired) electrons. The average molecular weight is 380 g/mol. The normalized spacial score (nSPS) is 19.4. The number of rotatable bonds is 4. The number of hydrogen-bond donors (Lipinski definition) is 2. The summed E-state index contributed by atoms with van der Waals surface area (Å²) in [6.45, 7) is 1.26. The van der Waals surface area contributed by atoms with Gasteiger partial charge in [0.05, 0.1) is 10.2 Å². The maximum Gasteiger partial charge on any atom is 0.325 e. The van der Waals surface area contributed by atoms with Gasteiger partial charge in [0.1, 0.15) is 12.1 Å². The van der Waals surface area contributed by atoms with Crippen LogP contribution < -0.4 is 10.6 Å². The Morgan fingerprint density at radius 2 is 1.85 bits per heavy atom. The van der Waals surface area contributed by atoms with Crippen LogP contribution in [-0.4, -0.2) is 34.3 Å². The number of nitrogens with zero attached hydrogens (tertiary/aromatic N) is 2. The Bertz CT molecular complexity index is 1020. The van der Waals surface area contributed by atoms with E-state index >= 15 is 0 Å². The van der Waals surface area contributed by atoms with Gasteiger partial charge < -0.3 is 10.6 Å². The van der Waals surface area contributed by atoms with E-state index in [1.807, 2.05) is 30.3 Å². The molecule has 0 bridgehead atoms. The van der Waals surface area contributed by atoms with Crippen LogP contribution >= 0.6 is 11.3 Å². The minimum absolute atomic E-state index is 0.372. The van der Waals surface area contributed by atoms with Crippen LogP contribution in [0.25, 0.3) is 10.2 Å². The van der Waals surface area contributed by atoms with Crippen LogP contribution in [0.1, 0.15) is 12.5 Å². The Morgan fingerprint density at radius 1 is 1.15 bits per heavy atom. The Hall–Kier alpha value is -3.26. The van der Waals surface area contributed by atoms with Crippen molar-refractivity contribution in [2.75, 3.05) is 11.9 Å². The van der Waals surface area contributed by atoms with Gasteiger partial charge in [-0.3, -0.25) is 14.5 Å². The van der Waals surface area contributed by atoms with Crippen molar-refractivity contribution in [3.63, 3.8) is 0 Å². The van der Waals surface area contributed by atoms with Crippen molar-refractivity contribution in [1.29, 1.82) is 0 Å². The number of carbonyl (C=O) groups is 3. The molecular weight excluding hydrogens is 364 g/mol. The molecule has 2 aromatic carbocycles. The summed E-state index contributed by atoms with van der Waals surface area (Å²) in [4.78, 5) is 42.7. The number of thiazole rings is 1. The van der Waals surface area contributed by atoms with E-state index in [4.69, 9.17) is 0 Å². The largest absolute Gasteiger partial charge is 0.325 e. The first-order valence-electron chi connectivity index (χ1n) is 8.32. The van der Waals surface area contributed by atoms with Crippen LogP contribution in [0, 0.1) is 0 Å². The summed E-state index contributed by atoms with van der Waals surface area (Å²) in [5, 5.41) is 5.77. The van der Waals surface area contributed by atoms with Crippen molar-refractivity contribution in [2.24, 2.45) is 0 Å².